The van der Waals surface area contributed by atoms with Crippen LogP contribution in [0.3, 0.4) is 0 Å². The summed E-state index contributed by atoms with van der Waals surface area (Å²) < 4.78 is 60.9. The Balaban J connectivity index is 1.69. The van der Waals surface area contributed by atoms with Crippen molar-refractivity contribution in [1.82, 2.24) is 4.90 Å². The fourth-order valence-electron chi connectivity index (χ4n) is 9.86. The molecule has 21 atom stereocenters. The number of aliphatic hydroxyl groups is 4. The van der Waals surface area contributed by atoms with Gasteiger partial charge in [0.1, 0.15) is 55.1 Å². The number of esters is 2. The quantitative estimate of drug-likeness (QED) is 0.144. The van der Waals surface area contributed by atoms with Crippen molar-refractivity contribution < 1.29 is 87.0 Å². The van der Waals surface area contributed by atoms with E-state index in [-0.39, 0.29) is 31.7 Å². The van der Waals surface area contributed by atoms with Crippen LogP contribution in [0.2, 0.25) is 0 Å². The molecule has 0 radical (unpaired) electrons. The maximum Gasteiger partial charge on any atom is 0.309 e. The number of hydrogen-bond acceptors (Lipinski definition) is 19. The van der Waals surface area contributed by atoms with Crippen molar-refractivity contribution in [2.45, 2.75) is 198 Å². The highest BCUT2D eigenvalue weighted by atomic mass is 16.7. The molecule has 67 heavy (non-hydrogen) atoms. The zero-order valence-corrected chi connectivity index (χ0v) is 41.6. The average Bonchev–Trinajstić information content (AvgIpc) is 3.25. The molecule has 384 valence electrons. The maximum absolute atomic E-state index is 14.1. The molecule has 4 aliphatic heterocycles. The van der Waals surface area contributed by atoms with Gasteiger partial charge in [0, 0.05) is 51.7 Å². The van der Waals surface area contributed by atoms with Gasteiger partial charge in [-0.05, 0) is 73.5 Å². The molecule has 19 heteroatoms. The minimum absolute atomic E-state index is 0.0309. The molecule has 4 rings (SSSR count). The Hall–Kier alpha value is -2.76. The monoisotopic (exact) mass is 958 g/mol. The van der Waals surface area contributed by atoms with E-state index < -0.39 is 146 Å². The van der Waals surface area contributed by atoms with Crippen molar-refractivity contribution in [2.75, 3.05) is 34.9 Å². The lowest BCUT2D eigenvalue weighted by Gasteiger charge is -2.50. The van der Waals surface area contributed by atoms with Gasteiger partial charge in [-0.25, -0.2) is 0 Å². The number of carbonyl (C=O) groups is 4. The van der Waals surface area contributed by atoms with Crippen LogP contribution in [0.25, 0.3) is 0 Å². The van der Waals surface area contributed by atoms with Crippen LogP contribution in [0.15, 0.2) is 23.8 Å². The number of likely N-dealkylation sites (N-methyl/N-ethyl adjacent to an activating group) is 1. The van der Waals surface area contributed by atoms with Crippen LogP contribution in [0.1, 0.15) is 94.4 Å². The summed E-state index contributed by atoms with van der Waals surface area (Å²) in [6.45, 7) is 14.8. The summed E-state index contributed by atoms with van der Waals surface area (Å²) in [5.74, 6) is -4.40. The van der Waals surface area contributed by atoms with Crippen LogP contribution in [-0.4, -0.2) is 188 Å². The van der Waals surface area contributed by atoms with Gasteiger partial charge in [-0.2, -0.15) is 0 Å². The third-order valence-corrected chi connectivity index (χ3v) is 13.7. The summed E-state index contributed by atoms with van der Waals surface area (Å²) in [5, 5.41) is 44.2. The highest BCUT2D eigenvalue weighted by Gasteiger charge is 2.52. The van der Waals surface area contributed by atoms with Gasteiger partial charge >= 0.3 is 11.9 Å². The van der Waals surface area contributed by atoms with Gasteiger partial charge in [0.05, 0.1) is 49.1 Å². The smallest absolute Gasteiger partial charge is 0.309 e. The average molecular weight is 958 g/mol. The third kappa shape index (κ3) is 14.6. The van der Waals surface area contributed by atoms with E-state index in [1.54, 1.807) is 66.6 Å². The van der Waals surface area contributed by atoms with Crippen LogP contribution in [-0.2, 0) is 66.5 Å². The molecule has 0 aromatic rings. The summed E-state index contributed by atoms with van der Waals surface area (Å²) >= 11 is 0. The number of aldehydes is 1. The summed E-state index contributed by atoms with van der Waals surface area (Å²) in [7, 11) is 6.41. The van der Waals surface area contributed by atoms with E-state index in [4.69, 9.17) is 47.4 Å². The number of ketones is 1. The van der Waals surface area contributed by atoms with Crippen molar-refractivity contribution in [3.8, 4) is 0 Å². The molecule has 4 N–H and O–H groups in total. The molecule has 0 bridgehead atoms. The van der Waals surface area contributed by atoms with E-state index in [2.05, 4.69) is 0 Å². The first kappa shape index (κ1) is 56.8. The van der Waals surface area contributed by atoms with E-state index in [9.17, 15) is 39.6 Å². The summed E-state index contributed by atoms with van der Waals surface area (Å²) in [5.41, 5.74) is -0.838. The standard InChI is InChI=1S/C48H79NO18/c1-14-34-32(23-60-47-44(59-13)43(58-12)39(54)27(5)62-47)19-24(2)15-16-33(52)25(3)20-31(17-18-50)41(26(4)35(64-30(8)51)21-36(53)65-34)67-46-40(55)38(49(10)11)42(28(6)63-46)66-37-22-48(9,57)45(56)29(7)61-37/h15-16,18-19,25-29,31-32,34-35,37-47,54-57H,14,17,20-23H2,1-13H3/b16-15+,24-19+/t25-,26+,27-,28-,29+,31+,32-,34-,35-,37+,38-,39-,40-,41-,42-,43-,44-,45+,46+,47-,48-/m1/s1. The second kappa shape index (κ2) is 25.4. The Morgan fingerprint density at radius 2 is 1.55 bits per heavy atom. The first-order valence-corrected chi connectivity index (χ1v) is 23.6. The van der Waals surface area contributed by atoms with Gasteiger partial charge in [-0.3, -0.25) is 14.4 Å². The summed E-state index contributed by atoms with van der Waals surface area (Å²) in [6, 6.07) is -0.777. The largest absolute Gasteiger partial charge is 0.462 e. The Morgan fingerprint density at radius 3 is 2.13 bits per heavy atom. The van der Waals surface area contributed by atoms with Crippen molar-refractivity contribution in [1.29, 1.82) is 0 Å². The van der Waals surface area contributed by atoms with Crippen LogP contribution in [0.4, 0.5) is 0 Å². The first-order chi connectivity index (χ1) is 31.5. The van der Waals surface area contributed by atoms with E-state index in [1.807, 2.05) is 13.0 Å². The highest BCUT2D eigenvalue weighted by molar-refractivity contribution is 5.91. The van der Waals surface area contributed by atoms with Gasteiger partial charge < -0.3 is 77.5 Å². The molecule has 0 spiro atoms. The molecule has 0 amide bonds. The summed E-state index contributed by atoms with van der Waals surface area (Å²) in [4.78, 5) is 54.9. The predicted molar refractivity (Wildman–Crippen MR) is 240 cm³/mol. The van der Waals surface area contributed by atoms with Crippen LogP contribution < -0.4 is 0 Å². The minimum Gasteiger partial charge on any atom is -0.462 e. The summed E-state index contributed by atoms with van der Waals surface area (Å²) in [6.07, 6.45) is -8.72. The molecule has 19 nitrogen and oxygen atoms in total. The van der Waals surface area contributed by atoms with E-state index in [0.717, 1.165) is 0 Å². The Kier molecular flexibility index (Phi) is 21.5. The second-order valence-electron chi connectivity index (χ2n) is 19.3. The Labute approximate surface area is 395 Å². The fraction of sp³-hybridized carbons (Fsp3) is 0.833. The topological polar surface area (TPSA) is 245 Å². The third-order valence-electron chi connectivity index (χ3n) is 13.7. The number of nitrogens with zero attached hydrogens (tertiary/aromatic N) is 1. The number of aliphatic hydroxyl groups excluding tert-OH is 3. The molecule has 0 aromatic heterocycles. The fourth-order valence-corrected chi connectivity index (χ4v) is 9.86. The number of carbonyl (C=O) groups excluding carboxylic acids is 4. The normalized spacial score (nSPS) is 44.3. The molecule has 3 fully saturated rings. The number of cyclic esters (lactones) is 1. The van der Waals surface area contributed by atoms with Gasteiger partial charge in [0.15, 0.2) is 24.7 Å². The molecule has 0 saturated carbocycles. The van der Waals surface area contributed by atoms with Gasteiger partial charge in [-0.1, -0.05) is 38.5 Å². The second-order valence-corrected chi connectivity index (χ2v) is 19.3. The molecule has 0 unspecified atom stereocenters. The van der Waals surface area contributed by atoms with Gasteiger partial charge in [-0.15, -0.1) is 0 Å². The van der Waals surface area contributed by atoms with Crippen LogP contribution in [0, 0.1) is 23.7 Å². The van der Waals surface area contributed by atoms with Crippen LogP contribution >= 0.6 is 0 Å². The van der Waals surface area contributed by atoms with Gasteiger partial charge in [0.2, 0.25) is 0 Å². The molecule has 0 aliphatic carbocycles. The highest BCUT2D eigenvalue weighted by Crippen LogP contribution is 2.38. The van der Waals surface area contributed by atoms with E-state index in [0.29, 0.717) is 18.3 Å². The minimum atomic E-state index is -1.51. The van der Waals surface area contributed by atoms with E-state index >= 15 is 0 Å². The van der Waals surface area contributed by atoms with Crippen LogP contribution in [0.5, 0.6) is 0 Å². The first-order valence-electron chi connectivity index (χ1n) is 23.6. The Morgan fingerprint density at radius 1 is 0.896 bits per heavy atom. The number of hydrogen-bond donors (Lipinski definition) is 4. The number of methoxy groups -OCH3 is 2. The zero-order valence-electron chi connectivity index (χ0n) is 41.6. The molecular weight excluding hydrogens is 879 g/mol. The van der Waals surface area contributed by atoms with Crippen molar-refractivity contribution in [3.05, 3.63) is 23.8 Å². The Bertz CT molecular complexity index is 1670. The SMILES string of the molecule is CC[C@H]1OC(=O)C[C@@H](OC(C)=O)[C@H](C)[C@@H](O[C@@H]2O[C@H](C)[C@@H](O[C@H]3C[C@@](C)(O)[C@@H](O)[C@H](C)O3)[C@H](N(C)C)[C@H]2O)[C@@H](CC=O)C[C@@H](C)C(=O)/C=C/C(C)=C/[C@@H]1CO[C@@H]1O[C@H](C)[C@@H](O)[C@@H](OC)[C@H]1OC. The van der Waals surface area contributed by atoms with Crippen molar-refractivity contribution in [3.63, 3.8) is 0 Å². The number of allylic oxidation sites excluding steroid dienone is 3. The van der Waals surface area contributed by atoms with Crippen molar-refractivity contribution >= 4 is 24.0 Å². The molecule has 4 aliphatic rings. The lowest BCUT2D eigenvalue weighted by atomic mass is 9.79. The maximum atomic E-state index is 14.1. The molecule has 4 heterocycles. The van der Waals surface area contributed by atoms with Crippen molar-refractivity contribution in [2.24, 2.45) is 23.7 Å². The predicted octanol–water partition coefficient (Wildman–Crippen LogP) is 2.40. The lowest BCUT2D eigenvalue weighted by Crippen LogP contribution is -2.65. The number of rotatable bonds is 14. The molecular formula is C48H79NO18. The molecule has 0 aromatic carbocycles. The molecule has 3 saturated heterocycles. The van der Waals surface area contributed by atoms with E-state index in [1.165, 1.54) is 34.1 Å². The zero-order chi connectivity index (χ0) is 50.1. The van der Waals surface area contributed by atoms with Gasteiger partial charge in [0.25, 0.3) is 0 Å². The lowest BCUT2D eigenvalue weighted by molar-refractivity contribution is -0.342. The number of ether oxygens (including phenoxy) is 10.